The van der Waals surface area contributed by atoms with Gasteiger partial charge in [0.25, 0.3) is 0 Å². The van der Waals surface area contributed by atoms with Crippen LogP contribution < -0.4 is 11.1 Å². The molecule has 1 amide bonds. The summed E-state index contributed by atoms with van der Waals surface area (Å²) in [4.78, 5) is 12.2. The molecule has 0 saturated carbocycles. The molecule has 106 valence electrons. The van der Waals surface area contributed by atoms with Crippen LogP contribution in [0, 0.1) is 17.0 Å². The van der Waals surface area contributed by atoms with Crippen LogP contribution in [0.15, 0.2) is 16.6 Å². The van der Waals surface area contributed by atoms with Crippen molar-refractivity contribution < 1.29 is 13.6 Å². The minimum Gasteiger partial charge on any atom is -0.329 e. The van der Waals surface area contributed by atoms with E-state index >= 15 is 0 Å². The summed E-state index contributed by atoms with van der Waals surface area (Å²) in [6.45, 7) is 3.88. The van der Waals surface area contributed by atoms with Crippen molar-refractivity contribution in [2.45, 2.75) is 26.7 Å². The summed E-state index contributed by atoms with van der Waals surface area (Å²) < 4.78 is 26.8. The van der Waals surface area contributed by atoms with Crippen LogP contribution >= 0.6 is 15.9 Å². The van der Waals surface area contributed by atoms with Crippen LogP contribution in [0.3, 0.4) is 0 Å². The molecule has 0 aromatic heterocycles. The Morgan fingerprint density at radius 1 is 1.32 bits per heavy atom. The zero-order chi connectivity index (χ0) is 14.6. The van der Waals surface area contributed by atoms with E-state index in [0.717, 1.165) is 6.07 Å². The molecule has 0 saturated heterocycles. The van der Waals surface area contributed by atoms with Gasteiger partial charge in [0.15, 0.2) is 0 Å². The number of anilines is 1. The van der Waals surface area contributed by atoms with E-state index in [1.54, 1.807) is 0 Å². The third-order valence-corrected chi connectivity index (χ3v) is 4.09. The standard InChI is InChI=1S/C13H17BrF2N2O/c1-3-13(4-2,7-17)12(19)18-11-5-8(14)9(15)6-10(11)16/h5-6H,3-4,7,17H2,1-2H3,(H,18,19). The van der Waals surface area contributed by atoms with E-state index in [-0.39, 0.29) is 22.6 Å². The minimum absolute atomic E-state index is 0.0574. The van der Waals surface area contributed by atoms with Crippen LogP contribution in [-0.2, 0) is 4.79 Å². The van der Waals surface area contributed by atoms with E-state index < -0.39 is 17.0 Å². The summed E-state index contributed by atoms with van der Waals surface area (Å²) in [5, 5.41) is 2.48. The molecule has 0 bridgehead atoms. The van der Waals surface area contributed by atoms with Crippen molar-refractivity contribution >= 4 is 27.5 Å². The molecule has 0 heterocycles. The number of nitrogens with one attached hydrogen (secondary N) is 1. The average molecular weight is 335 g/mol. The third-order valence-electron chi connectivity index (χ3n) is 3.48. The first kappa shape index (κ1) is 16.0. The Labute approximate surface area is 119 Å². The van der Waals surface area contributed by atoms with Crippen molar-refractivity contribution in [3.63, 3.8) is 0 Å². The molecule has 0 spiro atoms. The van der Waals surface area contributed by atoms with Crippen LogP contribution in [0.4, 0.5) is 14.5 Å². The maximum atomic E-state index is 13.6. The maximum Gasteiger partial charge on any atom is 0.231 e. The number of rotatable bonds is 5. The predicted octanol–water partition coefficient (Wildman–Crippen LogP) is 3.43. The molecule has 19 heavy (non-hydrogen) atoms. The van der Waals surface area contributed by atoms with Crippen molar-refractivity contribution in [3.05, 3.63) is 28.2 Å². The first-order valence-electron chi connectivity index (χ1n) is 6.06. The highest BCUT2D eigenvalue weighted by Gasteiger charge is 2.33. The lowest BCUT2D eigenvalue weighted by atomic mass is 9.81. The molecule has 3 nitrogen and oxygen atoms in total. The van der Waals surface area contributed by atoms with Gasteiger partial charge >= 0.3 is 0 Å². The summed E-state index contributed by atoms with van der Waals surface area (Å²) in [6.07, 6.45) is 1.10. The fourth-order valence-corrected chi connectivity index (χ4v) is 2.17. The summed E-state index contributed by atoms with van der Waals surface area (Å²) >= 11 is 2.95. The molecular formula is C13H17BrF2N2O. The number of carbonyl (C=O) groups is 1. The predicted molar refractivity (Wildman–Crippen MR) is 74.8 cm³/mol. The van der Waals surface area contributed by atoms with Gasteiger partial charge < -0.3 is 11.1 Å². The molecule has 0 aliphatic heterocycles. The Morgan fingerprint density at radius 3 is 2.37 bits per heavy atom. The SMILES string of the molecule is CCC(CC)(CN)C(=O)Nc1cc(Br)c(F)cc1F. The van der Waals surface area contributed by atoms with Crippen molar-refractivity contribution in [2.75, 3.05) is 11.9 Å². The van der Waals surface area contributed by atoms with Crippen LogP contribution in [0.1, 0.15) is 26.7 Å². The van der Waals surface area contributed by atoms with E-state index in [4.69, 9.17) is 5.73 Å². The van der Waals surface area contributed by atoms with Gasteiger partial charge in [-0.05, 0) is 34.8 Å². The molecule has 1 rings (SSSR count). The lowest BCUT2D eigenvalue weighted by Crippen LogP contribution is -2.41. The molecular weight excluding hydrogens is 318 g/mol. The van der Waals surface area contributed by atoms with Crippen molar-refractivity contribution in [1.82, 2.24) is 0 Å². The molecule has 1 aromatic rings. The quantitative estimate of drug-likeness (QED) is 0.810. The van der Waals surface area contributed by atoms with E-state index in [1.807, 2.05) is 13.8 Å². The Hall–Kier alpha value is -1.01. The van der Waals surface area contributed by atoms with E-state index in [2.05, 4.69) is 21.2 Å². The highest BCUT2D eigenvalue weighted by atomic mass is 79.9. The topological polar surface area (TPSA) is 55.1 Å². The first-order chi connectivity index (χ1) is 8.90. The second-order valence-electron chi connectivity index (χ2n) is 4.39. The number of hydrogen-bond donors (Lipinski definition) is 2. The number of benzene rings is 1. The normalized spacial score (nSPS) is 11.5. The molecule has 0 atom stereocenters. The van der Waals surface area contributed by atoms with E-state index in [1.165, 1.54) is 6.07 Å². The van der Waals surface area contributed by atoms with Crippen molar-refractivity contribution in [2.24, 2.45) is 11.1 Å². The molecule has 0 fully saturated rings. The molecule has 0 radical (unpaired) electrons. The van der Waals surface area contributed by atoms with Crippen LogP contribution in [-0.4, -0.2) is 12.5 Å². The molecule has 1 aromatic carbocycles. The monoisotopic (exact) mass is 334 g/mol. The van der Waals surface area contributed by atoms with Gasteiger partial charge in [0.2, 0.25) is 5.91 Å². The number of amides is 1. The minimum atomic E-state index is -0.813. The molecule has 0 aliphatic rings. The maximum absolute atomic E-state index is 13.6. The molecule has 6 heteroatoms. The molecule has 0 aliphatic carbocycles. The van der Waals surface area contributed by atoms with Crippen molar-refractivity contribution in [1.29, 1.82) is 0 Å². The Balaban J connectivity index is 3.02. The summed E-state index contributed by atoms with van der Waals surface area (Å²) in [5.41, 5.74) is 4.87. The van der Waals surface area contributed by atoms with Gasteiger partial charge in [-0.1, -0.05) is 13.8 Å². The lowest BCUT2D eigenvalue weighted by molar-refractivity contribution is -0.125. The summed E-state index contributed by atoms with van der Waals surface area (Å²) in [7, 11) is 0. The number of halogens is 3. The van der Waals surface area contributed by atoms with Gasteiger partial charge in [-0.15, -0.1) is 0 Å². The van der Waals surface area contributed by atoms with Crippen LogP contribution in [0.25, 0.3) is 0 Å². The second-order valence-corrected chi connectivity index (χ2v) is 5.25. The second kappa shape index (κ2) is 6.43. The summed E-state index contributed by atoms with van der Waals surface area (Å²) in [5.74, 6) is -1.88. The fourth-order valence-electron chi connectivity index (χ4n) is 1.83. The largest absolute Gasteiger partial charge is 0.329 e. The number of nitrogens with two attached hydrogens (primary N) is 1. The van der Waals surface area contributed by atoms with Gasteiger partial charge in [-0.2, -0.15) is 0 Å². The van der Waals surface area contributed by atoms with E-state index in [0.29, 0.717) is 12.8 Å². The summed E-state index contributed by atoms with van der Waals surface area (Å²) in [6, 6.07) is 1.93. The average Bonchev–Trinajstić information content (AvgIpc) is 2.38. The highest BCUT2D eigenvalue weighted by Crippen LogP contribution is 2.29. The van der Waals surface area contributed by atoms with Crippen LogP contribution in [0.2, 0.25) is 0 Å². The first-order valence-corrected chi connectivity index (χ1v) is 6.85. The Kier molecular flexibility index (Phi) is 5.43. The van der Waals surface area contributed by atoms with E-state index in [9.17, 15) is 13.6 Å². The van der Waals surface area contributed by atoms with Crippen LogP contribution in [0.5, 0.6) is 0 Å². The van der Waals surface area contributed by atoms with Gasteiger partial charge in [0, 0.05) is 12.6 Å². The van der Waals surface area contributed by atoms with Gasteiger partial charge in [0.1, 0.15) is 11.6 Å². The third kappa shape index (κ3) is 3.30. The van der Waals surface area contributed by atoms with Gasteiger partial charge in [0.05, 0.1) is 15.6 Å². The van der Waals surface area contributed by atoms with Gasteiger partial charge in [-0.25, -0.2) is 8.78 Å². The van der Waals surface area contributed by atoms with Gasteiger partial charge in [-0.3, -0.25) is 4.79 Å². The Bertz CT molecular complexity index is 468. The zero-order valence-electron chi connectivity index (χ0n) is 10.9. The molecule has 3 N–H and O–H groups in total. The lowest BCUT2D eigenvalue weighted by Gasteiger charge is -2.28. The Morgan fingerprint density at radius 2 is 1.89 bits per heavy atom. The zero-order valence-corrected chi connectivity index (χ0v) is 12.5. The smallest absolute Gasteiger partial charge is 0.231 e. The number of hydrogen-bond acceptors (Lipinski definition) is 2. The van der Waals surface area contributed by atoms with Crippen molar-refractivity contribution in [3.8, 4) is 0 Å². The highest BCUT2D eigenvalue weighted by molar-refractivity contribution is 9.10. The fraction of sp³-hybridized carbons (Fsp3) is 0.462. The molecule has 0 unspecified atom stereocenters. The number of carbonyl (C=O) groups excluding carboxylic acids is 1.